The lowest BCUT2D eigenvalue weighted by molar-refractivity contribution is 0.0919. The highest BCUT2D eigenvalue weighted by atomic mass is 32.1. The number of aromatic nitrogens is 1. The van der Waals surface area contributed by atoms with Crippen molar-refractivity contribution in [1.29, 1.82) is 0 Å². The third-order valence-electron chi connectivity index (χ3n) is 5.21. The van der Waals surface area contributed by atoms with Crippen molar-refractivity contribution in [2.24, 2.45) is 5.92 Å². The number of nitrogens with zero attached hydrogens (tertiary/aromatic N) is 2. The molecule has 2 N–H and O–H groups in total. The maximum atomic E-state index is 12.5. The number of anilines is 1. The molecule has 3 atom stereocenters. The van der Waals surface area contributed by atoms with Gasteiger partial charge in [0.1, 0.15) is 5.69 Å². The zero-order chi connectivity index (χ0) is 15.4. The van der Waals surface area contributed by atoms with Gasteiger partial charge in [-0.3, -0.25) is 9.78 Å². The molecule has 2 bridgehead atoms. The largest absolute Gasteiger partial charge is 0.374 e. The van der Waals surface area contributed by atoms with E-state index in [2.05, 4.69) is 26.6 Å². The number of fused-ring (bicyclic) bond motifs is 3. The highest BCUT2D eigenvalue weighted by molar-refractivity contribution is 7.22. The first kappa shape index (κ1) is 13.7. The van der Waals surface area contributed by atoms with E-state index in [1.54, 1.807) is 11.3 Å². The summed E-state index contributed by atoms with van der Waals surface area (Å²) in [6.45, 7) is 3.32. The van der Waals surface area contributed by atoms with Gasteiger partial charge in [0.25, 0.3) is 5.91 Å². The fourth-order valence-electron chi connectivity index (χ4n) is 3.75. The van der Waals surface area contributed by atoms with Gasteiger partial charge in [0, 0.05) is 41.5 Å². The van der Waals surface area contributed by atoms with E-state index in [1.165, 1.54) is 30.8 Å². The molecule has 4 heterocycles. The average molecular weight is 328 g/mol. The standard InChI is InChI=1S/C17H20N4OS/c22-17(20-14-9-21-4-3-10(14)8-21)13-6-15-11(7-18-13)5-16(23-15)19-12-1-2-12/h5-7,10,12,14,19H,1-4,8-9H2,(H,20,22). The van der Waals surface area contributed by atoms with Gasteiger partial charge in [0.15, 0.2) is 0 Å². The van der Waals surface area contributed by atoms with Gasteiger partial charge in [-0.1, -0.05) is 0 Å². The van der Waals surface area contributed by atoms with Crippen LogP contribution in [0.4, 0.5) is 5.00 Å². The number of hydrogen-bond donors (Lipinski definition) is 2. The van der Waals surface area contributed by atoms with Crippen LogP contribution >= 0.6 is 11.3 Å². The second-order valence-corrected chi connectivity index (χ2v) is 8.11. The smallest absolute Gasteiger partial charge is 0.270 e. The second kappa shape index (κ2) is 5.18. The molecule has 6 heteroatoms. The molecule has 2 aromatic rings. The Bertz CT molecular complexity index is 769. The number of thiophene rings is 1. The Labute approximate surface area is 139 Å². The molecule has 0 radical (unpaired) electrons. The van der Waals surface area contributed by atoms with Crippen LogP contribution in [0.15, 0.2) is 18.3 Å². The van der Waals surface area contributed by atoms with Gasteiger partial charge in [-0.2, -0.15) is 0 Å². The number of pyridine rings is 1. The van der Waals surface area contributed by atoms with Crippen LogP contribution in [0.5, 0.6) is 0 Å². The number of amides is 1. The van der Waals surface area contributed by atoms with Gasteiger partial charge < -0.3 is 15.5 Å². The first-order valence-electron chi connectivity index (χ1n) is 8.44. The summed E-state index contributed by atoms with van der Waals surface area (Å²) in [5.74, 6) is 0.592. The van der Waals surface area contributed by atoms with E-state index in [0.29, 0.717) is 23.7 Å². The molecule has 1 saturated carbocycles. The van der Waals surface area contributed by atoms with E-state index in [0.717, 1.165) is 23.2 Å². The zero-order valence-corrected chi connectivity index (χ0v) is 13.7. The Kier molecular flexibility index (Phi) is 3.09. The molecule has 2 saturated heterocycles. The van der Waals surface area contributed by atoms with Crippen molar-refractivity contribution in [3.63, 3.8) is 0 Å². The van der Waals surface area contributed by atoms with Crippen LogP contribution in [-0.4, -0.2) is 47.5 Å². The lowest BCUT2D eigenvalue weighted by atomic mass is 10.00. The Morgan fingerprint density at radius 2 is 2.17 bits per heavy atom. The molecule has 3 aliphatic rings. The van der Waals surface area contributed by atoms with Crippen molar-refractivity contribution < 1.29 is 4.79 Å². The first-order valence-corrected chi connectivity index (χ1v) is 9.25. The quantitative estimate of drug-likeness (QED) is 0.904. The van der Waals surface area contributed by atoms with Gasteiger partial charge in [0.2, 0.25) is 0 Å². The minimum absolute atomic E-state index is 0.0317. The zero-order valence-electron chi connectivity index (χ0n) is 12.9. The molecule has 5 nitrogen and oxygen atoms in total. The predicted molar refractivity (Wildman–Crippen MR) is 92.1 cm³/mol. The minimum atomic E-state index is -0.0317. The van der Waals surface area contributed by atoms with Crippen LogP contribution in [0.3, 0.4) is 0 Å². The highest BCUT2D eigenvalue weighted by Gasteiger charge is 2.38. The van der Waals surface area contributed by atoms with Crippen LogP contribution in [-0.2, 0) is 0 Å². The summed E-state index contributed by atoms with van der Waals surface area (Å²) < 4.78 is 1.13. The molecule has 1 aliphatic carbocycles. The first-order chi connectivity index (χ1) is 11.2. The lowest BCUT2D eigenvalue weighted by Gasteiger charge is -2.22. The topological polar surface area (TPSA) is 57.3 Å². The van der Waals surface area contributed by atoms with Crippen molar-refractivity contribution in [3.8, 4) is 0 Å². The maximum Gasteiger partial charge on any atom is 0.270 e. The van der Waals surface area contributed by atoms with Crippen molar-refractivity contribution in [3.05, 3.63) is 24.0 Å². The molecule has 0 aromatic carbocycles. The average Bonchev–Trinajstić information content (AvgIpc) is 2.97. The van der Waals surface area contributed by atoms with Crippen molar-refractivity contribution in [2.45, 2.75) is 31.3 Å². The van der Waals surface area contributed by atoms with Gasteiger partial charge in [-0.05, 0) is 43.9 Å². The molecule has 5 rings (SSSR count). The molecule has 2 aromatic heterocycles. The highest BCUT2D eigenvalue weighted by Crippen LogP contribution is 2.34. The number of hydrogen-bond acceptors (Lipinski definition) is 5. The molecule has 2 aliphatic heterocycles. The third-order valence-corrected chi connectivity index (χ3v) is 6.24. The fraction of sp³-hybridized carbons (Fsp3) is 0.529. The van der Waals surface area contributed by atoms with Crippen LogP contribution in [0.25, 0.3) is 10.1 Å². The Balaban J connectivity index is 1.33. The van der Waals surface area contributed by atoms with E-state index in [4.69, 9.17) is 0 Å². The van der Waals surface area contributed by atoms with Crippen LogP contribution in [0.2, 0.25) is 0 Å². The summed E-state index contributed by atoms with van der Waals surface area (Å²) in [7, 11) is 0. The molecule has 3 unspecified atom stereocenters. The van der Waals surface area contributed by atoms with Gasteiger partial charge >= 0.3 is 0 Å². The monoisotopic (exact) mass is 328 g/mol. The summed E-state index contributed by atoms with van der Waals surface area (Å²) in [4.78, 5) is 19.3. The summed E-state index contributed by atoms with van der Waals surface area (Å²) in [6.07, 6.45) is 5.56. The maximum absolute atomic E-state index is 12.5. The van der Waals surface area contributed by atoms with Crippen molar-refractivity contribution in [1.82, 2.24) is 15.2 Å². The van der Waals surface area contributed by atoms with E-state index in [-0.39, 0.29) is 5.91 Å². The molecule has 1 amide bonds. The van der Waals surface area contributed by atoms with Crippen LogP contribution < -0.4 is 10.6 Å². The van der Waals surface area contributed by atoms with E-state index in [9.17, 15) is 4.79 Å². The number of piperidine rings is 1. The molecular weight excluding hydrogens is 308 g/mol. The summed E-state index contributed by atoms with van der Waals surface area (Å²) >= 11 is 1.71. The molecule has 3 fully saturated rings. The van der Waals surface area contributed by atoms with Crippen LogP contribution in [0, 0.1) is 5.92 Å². The summed E-state index contributed by atoms with van der Waals surface area (Å²) in [5.41, 5.74) is 0.537. The Morgan fingerprint density at radius 3 is 2.91 bits per heavy atom. The normalized spacial score (nSPS) is 29.1. The third kappa shape index (κ3) is 2.60. The Hall–Kier alpha value is -1.66. The van der Waals surface area contributed by atoms with E-state index < -0.39 is 0 Å². The molecular formula is C17H20N4OS. The van der Waals surface area contributed by atoms with Gasteiger partial charge in [0.05, 0.1) is 5.00 Å². The summed E-state index contributed by atoms with van der Waals surface area (Å²) in [6, 6.07) is 5.01. The van der Waals surface area contributed by atoms with Crippen molar-refractivity contribution in [2.75, 3.05) is 25.0 Å². The number of carbonyl (C=O) groups excluding carboxylic acids is 1. The SMILES string of the molecule is O=C(NC1CN2CCC1C2)c1cc2sc(NC3CC3)cc2cn1. The van der Waals surface area contributed by atoms with E-state index in [1.807, 2.05) is 12.3 Å². The second-order valence-electron chi connectivity index (χ2n) is 7.02. The minimum Gasteiger partial charge on any atom is -0.374 e. The fourth-order valence-corrected chi connectivity index (χ4v) is 4.80. The molecule has 0 spiro atoms. The molecule has 23 heavy (non-hydrogen) atoms. The van der Waals surface area contributed by atoms with Gasteiger partial charge in [-0.15, -0.1) is 11.3 Å². The molecule has 120 valence electrons. The predicted octanol–water partition coefficient (Wildman–Crippen LogP) is 2.30. The summed E-state index contributed by atoms with van der Waals surface area (Å²) in [5, 5.41) is 9.00. The van der Waals surface area contributed by atoms with Crippen molar-refractivity contribution >= 4 is 32.3 Å². The lowest BCUT2D eigenvalue weighted by Crippen LogP contribution is -2.43. The number of carbonyl (C=O) groups is 1. The Morgan fingerprint density at radius 1 is 1.26 bits per heavy atom. The van der Waals surface area contributed by atoms with E-state index >= 15 is 0 Å². The number of rotatable bonds is 4. The van der Waals surface area contributed by atoms with Gasteiger partial charge in [-0.25, -0.2) is 0 Å². The van der Waals surface area contributed by atoms with Crippen LogP contribution in [0.1, 0.15) is 29.8 Å². The number of nitrogens with one attached hydrogen (secondary N) is 2.